The average molecular weight is 754 g/mol. The number of fused-ring (bicyclic) bond motifs is 20. The van der Waals surface area contributed by atoms with Gasteiger partial charge in [-0.3, -0.25) is 0 Å². The fraction of sp³-hybridized carbons (Fsp3) is 0. The Morgan fingerprint density at radius 3 is 1.00 bits per heavy atom. The summed E-state index contributed by atoms with van der Waals surface area (Å²) >= 11 is 0. The molecule has 2 aliphatic heterocycles. The van der Waals surface area contributed by atoms with E-state index in [2.05, 4.69) is 29.9 Å². The molecule has 5 heterocycles. The van der Waals surface area contributed by atoms with Crippen molar-refractivity contribution >= 4 is 68.0 Å². The van der Waals surface area contributed by atoms with Gasteiger partial charge in [0.1, 0.15) is 22.6 Å². The topological polar surface area (TPSA) is 258 Å². The molecule has 8 bridgehead atoms. The maximum atomic E-state index is 12.9. The molecule has 0 fully saturated rings. The first-order valence-electron chi connectivity index (χ1n) is 15.4. The standard InChI is InChI=1S/C36H18N8O8.Cu/c45-33(46)21-19-20(22(34(47)48)24(36(51)52)23(21)35(49)50)32-43-30-18-12-6-4-10-16(18)28(41-30)39-26-14-8-2-1-7-13(14)25(37-26)38-27-15-9-3-5-11-17(15)29(40-27)42-31(19)44-32;/h1-12H,(H,45,46)(H,47,48)(H,49,50)(H,51,52)(H2,37,38,39,40,41,42,43,44);/q;+1. The Bertz CT molecular complexity index is 2810. The van der Waals surface area contributed by atoms with Gasteiger partial charge in [0.15, 0.2) is 23.3 Å². The predicted octanol–water partition coefficient (Wildman–Crippen LogP) is 5.66. The Morgan fingerprint density at radius 1 is 0.396 bits per heavy atom. The van der Waals surface area contributed by atoms with Crippen molar-refractivity contribution in [2.24, 2.45) is 0 Å². The van der Waals surface area contributed by atoms with Crippen LogP contribution in [-0.2, 0) is 17.1 Å². The van der Waals surface area contributed by atoms with Gasteiger partial charge in [-0.15, -0.1) is 0 Å². The first kappa shape index (κ1) is 32.8. The van der Waals surface area contributed by atoms with Gasteiger partial charge in [-0.05, 0) is 0 Å². The number of carboxylic acids is 4. The SMILES string of the molecule is O=C(O)c1c(C(=O)O)c(C(=O)O)c2c3nc4nc(nc5[nH]c(nc6nc(nc([nH]3)c2c1C(=O)O)-c1ccccc1-6)c1ccccc51)-c1ccccc1-4.[Cu+]. The van der Waals surface area contributed by atoms with E-state index < -0.39 is 56.9 Å². The number of rotatable bonds is 4. The van der Waals surface area contributed by atoms with E-state index in [4.69, 9.17) is 9.97 Å². The van der Waals surface area contributed by atoms with Crippen LogP contribution in [0.25, 0.3) is 89.7 Å². The van der Waals surface area contributed by atoms with Crippen molar-refractivity contribution in [3.63, 3.8) is 0 Å². The van der Waals surface area contributed by atoms with E-state index in [0.29, 0.717) is 33.5 Å². The summed E-state index contributed by atoms with van der Waals surface area (Å²) in [5.41, 5.74) is -2.31. The van der Waals surface area contributed by atoms with E-state index in [9.17, 15) is 39.6 Å². The molecule has 0 amide bonds. The molecule has 0 unspecified atom stereocenters. The second kappa shape index (κ2) is 11.9. The van der Waals surface area contributed by atoms with Crippen molar-refractivity contribution in [3.05, 3.63) is 95.1 Å². The summed E-state index contributed by atoms with van der Waals surface area (Å²) in [7, 11) is 0. The van der Waals surface area contributed by atoms with Gasteiger partial charge >= 0.3 is 40.9 Å². The molecule has 0 saturated carbocycles. The van der Waals surface area contributed by atoms with Crippen LogP contribution in [0.15, 0.2) is 72.8 Å². The minimum atomic E-state index is -1.98. The van der Waals surface area contributed by atoms with Gasteiger partial charge in [0.2, 0.25) is 0 Å². The van der Waals surface area contributed by atoms with Crippen LogP contribution in [0.3, 0.4) is 0 Å². The summed E-state index contributed by atoms with van der Waals surface area (Å²) in [4.78, 5) is 85.4. The maximum absolute atomic E-state index is 12.9. The third-order valence-corrected chi connectivity index (χ3v) is 8.85. The third kappa shape index (κ3) is 4.83. The number of nitrogens with one attached hydrogen (secondary N) is 2. The molecule has 2 aliphatic rings. The number of benzene rings is 4. The van der Waals surface area contributed by atoms with Gasteiger partial charge in [0.25, 0.3) is 0 Å². The van der Waals surface area contributed by atoms with Crippen molar-refractivity contribution in [1.29, 1.82) is 0 Å². The van der Waals surface area contributed by atoms with Crippen LogP contribution in [0.4, 0.5) is 0 Å². The third-order valence-electron chi connectivity index (χ3n) is 8.85. The van der Waals surface area contributed by atoms with Crippen molar-refractivity contribution in [2.75, 3.05) is 0 Å². The zero-order chi connectivity index (χ0) is 36.0. The summed E-state index contributed by atoms with van der Waals surface area (Å²) < 4.78 is 0. The molecule has 0 spiro atoms. The summed E-state index contributed by atoms with van der Waals surface area (Å²) in [6, 6.07) is 21.3. The van der Waals surface area contributed by atoms with Crippen molar-refractivity contribution in [2.45, 2.75) is 0 Å². The summed E-state index contributed by atoms with van der Waals surface area (Å²) in [5, 5.41) is 41.7. The summed E-state index contributed by atoms with van der Waals surface area (Å²) in [5.74, 6) is -7.17. The van der Waals surface area contributed by atoms with Gasteiger partial charge in [-0.2, -0.15) is 0 Å². The molecule has 4 aromatic carbocycles. The zero-order valence-electron chi connectivity index (χ0n) is 26.3. The molecule has 0 saturated heterocycles. The van der Waals surface area contributed by atoms with E-state index >= 15 is 0 Å². The fourth-order valence-corrected chi connectivity index (χ4v) is 6.76. The summed E-state index contributed by atoms with van der Waals surface area (Å²) in [6.45, 7) is 0. The quantitative estimate of drug-likeness (QED) is 0.119. The minimum Gasteiger partial charge on any atom is -0.478 e. The molecule has 0 atom stereocenters. The van der Waals surface area contributed by atoms with Crippen LogP contribution in [0.1, 0.15) is 41.4 Å². The number of hydrogen-bond acceptors (Lipinski definition) is 10. The van der Waals surface area contributed by atoms with Gasteiger partial charge < -0.3 is 30.4 Å². The Balaban J connectivity index is 0.00000400. The van der Waals surface area contributed by atoms with Crippen LogP contribution in [0.2, 0.25) is 0 Å². The summed E-state index contributed by atoms with van der Waals surface area (Å²) in [6.07, 6.45) is 0. The molecular weight excluding hydrogens is 736 g/mol. The van der Waals surface area contributed by atoms with Crippen LogP contribution in [0.5, 0.6) is 0 Å². The number of aromatic nitrogens is 8. The molecule has 0 aliphatic carbocycles. The average Bonchev–Trinajstić information content (AvgIpc) is 3.86. The number of nitrogens with zero attached hydrogens (tertiary/aromatic N) is 6. The van der Waals surface area contributed by atoms with Crippen molar-refractivity contribution in [1.82, 2.24) is 39.9 Å². The number of hydrogen-bond donors (Lipinski definition) is 6. The molecular formula is C36H18CuN8O8+. The predicted molar refractivity (Wildman–Crippen MR) is 184 cm³/mol. The number of carbonyl (C=O) groups is 4. The molecule has 6 N–H and O–H groups in total. The first-order valence-corrected chi connectivity index (χ1v) is 15.4. The van der Waals surface area contributed by atoms with E-state index in [-0.39, 0.29) is 51.7 Å². The number of carboxylic acid groups (broad SMARTS) is 4. The van der Waals surface area contributed by atoms with Crippen LogP contribution in [0, 0.1) is 0 Å². The van der Waals surface area contributed by atoms with E-state index in [0.717, 1.165) is 10.8 Å². The first-order chi connectivity index (χ1) is 25.1. The number of H-pyrrole nitrogens is 2. The molecule has 0 radical (unpaired) electrons. The van der Waals surface area contributed by atoms with Gasteiger partial charge in [-0.1, -0.05) is 72.8 Å². The van der Waals surface area contributed by atoms with Gasteiger partial charge in [0.05, 0.1) is 22.3 Å². The number of aromatic carboxylic acids is 4. The van der Waals surface area contributed by atoms with Crippen molar-refractivity contribution < 1.29 is 56.7 Å². The Hall–Kier alpha value is -7.36. The molecule has 9 rings (SSSR count). The van der Waals surface area contributed by atoms with Crippen molar-refractivity contribution in [3.8, 4) is 45.6 Å². The monoisotopic (exact) mass is 753 g/mol. The van der Waals surface area contributed by atoms with Crippen LogP contribution >= 0.6 is 0 Å². The Labute approximate surface area is 304 Å². The second-order valence-corrected chi connectivity index (χ2v) is 11.7. The number of aromatic amines is 2. The van der Waals surface area contributed by atoms with E-state index in [1.807, 2.05) is 24.3 Å². The largest absolute Gasteiger partial charge is 1.00 e. The van der Waals surface area contributed by atoms with E-state index in [1.165, 1.54) is 0 Å². The van der Waals surface area contributed by atoms with E-state index in [1.54, 1.807) is 48.5 Å². The Morgan fingerprint density at radius 2 is 0.679 bits per heavy atom. The normalized spacial score (nSPS) is 11.5. The minimum absolute atomic E-state index is 0. The van der Waals surface area contributed by atoms with Crippen LogP contribution < -0.4 is 0 Å². The second-order valence-electron chi connectivity index (χ2n) is 11.7. The molecule has 53 heavy (non-hydrogen) atoms. The molecule has 17 heteroatoms. The van der Waals surface area contributed by atoms with Gasteiger partial charge in [-0.25, -0.2) is 49.1 Å². The van der Waals surface area contributed by atoms with Crippen LogP contribution in [-0.4, -0.2) is 84.2 Å². The Kier molecular flexibility index (Phi) is 7.35. The fourth-order valence-electron chi connectivity index (χ4n) is 6.76. The molecule has 16 nitrogen and oxygen atoms in total. The smallest absolute Gasteiger partial charge is 0.478 e. The zero-order valence-corrected chi connectivity index (χ0v) is 27.3. The molecule has 260 valence electrons. The maximum Gasteiger partial charge on any atom is 1.00 e. The molecule has 7 aromatic rings. The molecule has 3 aromatic heterocycles. The van der Waals surface area contributed by atoms with Gasteiger partial charge in [0, 0.05) is 43.8 Å².